The van der Waals surface area contributed by atoms with E-state index in [1.54, 1.807) is 0 Å². The van der Waals surface area contributed by atoms with Gasteiger partial charge in [0.1, 0.15) is 18.8 Å². The zero-order valence-corrected chi connectivity index (χ0v) is 17.3. The van der Waals surface area contributed by atoms with Gasteiger partial charge in [-0.2, -0.15) is 0 Å². The van der Waals surface area contributed by atoms with Crippen LogP contribution >= 0.6 is 0 Å². The number of benzene rings is 3. The summed E-state index contributed by atoms with van der Waals surface area (Å²) >= 11 is 0. The Morgan fingerprint density at radius 2 is 1.10 bits per heavy atom. The summed E-state index contributed by atoms with van der Waals surface area (Å²) in [5, 5.41) is 0. The molecule has 0 aliphatic carbocycles. The molecule has 4 rings (SSSR count). The molecule has 0 radical (unpaired) electrons. The molecule has 0 spiro atoms. The number of rotatable bonds is 9. The molecule has 0 aromatic heterocycles. The van der Waals surface area contributed by atoms with E-state index in [9.17, 15) is 4.79 Å². The van der Waals surface area contributed by atoms with Crippen molar-refractivity contribution in [1.82, 2.24) is 0 Å². The SMILES string of the molecule is O=C1OC[C@H](OCc2ccccc2)[C@@H](OCc2ccccc2)[C@H]1OCc1ccccc1. The van der Waals surface area contributed by atoms with Crippen LogP contribution in [0.2, 0.25) is 0 Å². The summed E-state index contributed by atoms with van der Waals surface area (Å²) < 4.78 is 23.7. The Hall–Kier alpha value is -2.99. The molecule has 160 valence electrons. The van der Waals surface area contributed by atoms with Crippen LogP contribution in [-0.4, -0.2) is 30.9 Å². The van der Waals surface area contributed by atoms with E-state index < -0.39 is 24.3 Å². The van der Waals surface area contributed by atoms with E-state index in [-0.39, 0.29) is 13.2 Å². The fourth-order valence-electron chi connectivity index (χ4n) is 3.48. The van der Waals surface area contributed by atoms with Crippen LogP contribution in [0.4, 0.5) is 0 Å². The summed E-state index contributed by atoms with van der Waals surface area (Å²) in [4.78, 5) is 12.6. The van der Waals surface area contributed by atoms with E-state index in [2.05, 4.69) is 0 Å². The third-order valence-corrected chi connectivity index (χ3v) is 5.15. The third-order valence-electron chi connectivity index (χ3n) is 5.15. The zero-order chi connectivity index (χ0) is 21.3. The quantitative estimate of drug-likeness (QED) is 0.485. The van der Waals surface area contributed by atoms with Gasteiger partial charge in [0.2, 0.25) is 0 Å². The topological polar surface area (TPSA) is 54.0 Å². The largest absolute Gasteiger partial charge is 0.461 e. The zero-order valence-electron chi connectivity index (χ0n) is 17.3. The van der Waals surface area contributed by atoms with Gasteiger partial charge in [0.05, 0.1) is 19.8 Å². The second-order valence-corrected chi connectivity index (χ2v) is 7.44. The van der Waals surface area contributed by atoms with E-state index in [0.29, 0.717) is 13.2 Å². The molecule has 0 unspecified atom stereocenters. The minimum Gasteiger partial charge on any atom is -0.461 e. The molecule has 31 heavy (non-hydrogen) atoms. The smallest absolute Gasteiger partial charge is 0.338 e. The summed E-state index contributed by atoms with van der Waals surface area (Å²) in [6.07, 6.45) is -1.87. The van der Waals surface area contributed by atoms with E-state index in [1.165, 1.54) is 0 Å². The van der Waals surface area contributed by atoms with Gasteiger partial charge < -0.3 is 18.9 Å². The molecule has 3 aromatic rings. The minimum absolute atomic E-state index is 0.135. The van der Waals surface area contributed by atoms with Gasteiger partial charge in [-0.05, 0) is 16.7 Å². The van der Waals surface area contributed by atoms with Crippen LogP contribution in [0.3, 0.4) is 0 Å². The maximum absolute atomic E-state index is 12.6. The fourth-order valence-corrected chi connectivity index (χ4v) is 3.48. The highest BCUT2D eigenvalue weighted by molar-refractivity contribution is 5.76. The number of carbonyl (C=O) groups excluding carboxylic acids is 1. The normalized spacial score (nSPS) is 20.9. The molecule has 3 atom stereocenters. The van der Waals surface area contributed by atoms with E-state index >= 15 is 0 Å². The van der Waals surface area contributed by atoms with Gasteiger partial charge in [-0.1, -0.05) is 91.0 Å². The maximum atomic E-state index is 12.6. The lowest BCUT2D eigenvalue weighted by Gasteiger charge is -2.36. The molecule has 3 aromatic carbocycles. The fraction of sp³-hybridized carbons (Fsp3) is 0.269. The van der Waals surface area contributed by atoms with Crippen LogP contribution in [0.25, 0.3) is 0 Å². The first-order valence-electron chi connectivity index (χ1n) is 10.4. The van der Waals surface area contributed by atoms with Crippen LogP contribution in [0.15, 0.2) is 91.0 Å². The van der Waals surface area contributed by atoms with Crippen LogP contribution in [-0.2, 0) is 43.6 Å². The van der Waals surface area contributed by atoms with Crippen molar-refractivity contribution in [3.8, 4) is 0 Å². The van der Waals surface area contributed by atoms with Crippen molar-refractivity contribution in [2.45, 2.75) is 38.1 Å². The number of hydrogen-bond donors (Lipinski definition) is 0. The second-order valence-electron chi connectivity index (χ2n) is 7.44. The molecule has 1 fully saturated rings. The van der Waals surface area contributed by atoms with Crippen LogP contribution < -0.4 is 0 Å². The Morgan fingerprint density at radius 1 is 0.645 bits per heavy atom. The monoisotopic (exact) mass is 418 g/mol. The molecule has 5 nitrogen and oxygen atoms in total. The van der Waals surface area contributed by atoms with Gasteiger partial charge in [-0.3, -0.25) is 0 Å². The van der Waals surface area contributed by atoms with Crippen molar-refractivity contribution >= 4 is 5.97 Å². The van der Waals surface area contributed by atoms with Crippen molar-refractivity contribution in [2.24, 2.45) is 0 Å². The highest BCUT2D eigenvalue weighted by atomic mass is 16.6. The molecule has 1 aliphatic heterocycles. The van der Waals surface area contributed by atoms with Gasteiger partial charge in [0.15, 0.2) is 6.10 Å². The molecule has 0 amide bonds. The van der Waals surface area contributed by atoms with Crippen molar-refractivity contribution in [3.63, 3.8) is 0 Å². The molecule has 0 saturated carbocycles. The standard InChI is InChI=1S/C26H26O5/c27-26-25(30-18-22-14-8-3-9-15-22)24(29-17-21-12-6-2-7-13-21)23(19-31-26)28-16-20-10-4-1-5-11-20/h1-15,23-25H,16-19H2/t23-,24+,25+/m0/s1. The molecule has 5 heteroatoms. The molecular formula is C26H26O5. The van der Waals surface area contributed by atoms with Gasteiger partial charge >= 0.3 is 5.97 Å². The number of esters is 1. The predicted octanol–water partition coefficient (Wildman–Crippen LogP) is 4.30. The molecule has 1 aliphatic rings. The average Bonchev–Trinajstić information content (AvgIpc) is 2.83. The van der Waals surface area contributed by atoms with Crippen molar-refractivity contribution < 1.29 is 23.7 Å². The molecule has 1 saturated heterocycles. The van der Waals surface area contributed by atoms with Crippen molar-refractivity contribution in [1.29, 1.82) is 0 Å². The number of hydrogen-bond acceptors (Lipinski definition) is 5. The summed E-state index contributed by atoms with van der Waals surface area (Å²) in [5.41, 5.74) is 3.04. The van der Waals surface area contributed by atoms with Gasteiger partial charge in [0.25, 0.3) is 0 Å². The lowest BCUT2D eigenvalue weighted by Crippen LogP contribution is -2.54. The molecule has 1 heterocycles. The van der Waals surface area contributed by atoms with Gasteiger partial charge in [-0.25, -0.2) is 4.79 Å². The van der Waals surface area contributed by atoms with Crippen LogP contribution in [0.5, 0.6) is 0 Å². The average molecular weight is 418 g/mol. The van der Waals surface area contributed by atoms with Crippen LogP contribution in [0, 0.1) is 0 Å². The number of carbonyl (C=O) groups is 1. The van der Waals surface area contributed by atoms with Gasteiger partial charge in [-0.15, -0.1) is 0 Å². The van der Waals surface area contributed by atoms with E-state index in [4.69, 9.17) is 18.9 Å². The Balaban J connectivity index is 1.47. The maximum Gasteiger partial charge on any atom is 0.338 e. The summed E-state index contributed by atoms with van der Waals surface area (Å²) in [5.74, 6) is -0.423. The lowest BCUT2D eigenvalue weighted by atomic mass is 10.0. The van der Waals surface area contributed by atoms with Crippen molar-refractivity contribution in [3.05, 3.63) is 108 Å². The molecular weight excluding hydrogens is 392 g/mol. The number of cyclic esters (lactones) is 1. The predicted molar refractivity (Wildman–Crippen MR) is 116 cm³/mol. The second kappa shape index (κ2) is 10.9. The Labute approximate surface area is 182 Å². The highest BCUT2D eigenvalue weighted by Crippen LogP contribution is 2.23. The minimum atomic E-state index is -0.863. The van der Waals surface area contributed by atoms with E-state index in [1.807, 2.05) is 91.0 Å². The number of ether oxygens (including phenoxy) is 4. The first kappa shape index (κ1) is 21.2. The summed E-state index contributed by atoms with van der Waals surface area (Å²) in [6.45, 7) is 1.18. The summed E-state index contributed by atoms with van der Waals surface area (Å²) in [6, 6.07) is 29.5. The third kappa shape index (κ3) is 6.01. The summed E-state index contributed by atoms with van der Waals surface area (Å²) in [7, 11) is 0. The Morgan fingerprint density at radius 3 is 1.61 bits per heavy atom. The molecule has 0 N–H and O–H groups in total. The molecule has 0 bridgehead atoms. The van der Waals surface area contributed by atoms with Crippen LogP contribution in [0.1, 0.15) is 16.7 Å². The Bertz CT molecular complexity index is 930. The first-order chi connectivity index (χ1) is 15.3. The Kier molecular flexibility index (Phi) is 7.45. The lowest BCUT2D eigenvalue weighted by molar-refractivity contribution is -0.215. The first-order valence-corrected chi connectivity index (χ1v) is 10.4. The van der Waals surface area contributed by atoms with Crippen molar-refractivity contribution in [2.75, 3.05) is 6.61 Å². The highest BCUT2D eigenvalue weighted by Gasteiger charge is 2.43. The van der Waals surface area contributed by atoms with Gasteiger partial charge in [0, 0.05) is 0 Å². The van der Waals surface area contributed by atoms with E-state index in [0.717, 1.165) is 16.7 Å².